The van der Waals surface area contributed by atoms with Crippen LogP contribution in [-0.2, 0) is 4.74 Å². The number of benzene rings is 2. The van der Waals surface area contributed by atoms with Crippen molar-refractivity contribution in [1.82, 2.24) is 9.78 Å². The van der Waals surface area contributed by atoms with Gasteiger partial charge in [0.05, 0.1) is 5.69 Å². The third-order valence-corrected chi connectivity index (χ3v) is 3.62. The second kappa shape index (κ2) is 6.97. The van der Waals surface area contributed by atoms with Crippen molar-refractivity contribution in [3.8, 4) is 23.0 Å². The van der Waals surface area contributed by atoms with Crippen LogP contribution in [0.1, 0.15) is 15.9 Å². The van der Waals surface area contributed by atoms with E-state index in [1.54, 1.807) is 18.2 Å². The largest absolute Gasteiger partial charge is 0.447 e. The zero-order chi connectivity index (χ0) is 17.8. The van der Waals surface area contributed by atoms with Crippen molar-refractivity contribution in [3.63, 3.8) is 0 Å². The van der Waals surface area contributed by atoms with Gasteiger partial charge in [0.1, 0.15) is 23.1 Å². The van der Waals surface area contributed by atoms with Crippen molar-refractivity contribution in [2.24, 2.45) is 0 Å². The van der Waals surface area contributed by atoms with E-state index in [1.807, 2.05) is 31.2 Å². The molecule has 6 heteroatoms. The zero-order valence-electron chi connectivity index (χ0n) is 13.4. The highest BCUT2D eigenvalue weighted by Crippen LogP contribution is 2.25. The van der Waals surface area contributed by atoms with Crippen molar-refractivity contribution < 1.29 is 13.9 Å². The van der Waals surface area contributed by atoms with Gasteiger partial charge in [-0.1, -0.05) is 29.8 Å². The van der Waals surface area contributed by atoms with Gasteiger partial charge in [-0.25, -0.2) is 13.9 Å². The van der Waals surface area contributed by atoms with Gasteiger partial charge in [0.2, 0.25) is 0 Å². The van der Waals surface area contributed by atoms with Crippen molar-refractivity contribution in [1.29, 1.82) is 5.26 Å². The van der Waals surface area contributed by atoms with Crippen molar-refractivity contribution in [2.45, 2.75) is 6.92 Å². The molecule has 3 rings (SSSR count). The maximum Gasteiger partial charge on any atom is 0.343 e. The van der Waals surface area contributed by atoms with Crippen LogP contribution in [0.3, 0.4) is 0 Å². The van der Waals surface area contributed by atoms with Crippen LogP contribution >= 0.6 is 0 Å². The molecule has 25 heavy (non-hydrogen) atoms. The second-order valence-electron chi connectivity index (χ2n) is 5.41. The topological polar surface area (TPSA) is 67.9 Å². The molecule has 5 nitrogen and oxygen atoms in total. The molecule has 0 aliphatic rings. The number of hydrogen-bond donors (Lipinski definition) is 0. The molecule has 0 saturated carbocycles. The summed E-state index contributed by atoms with van der Waals surface area (Å²) in [5.41, 5.74) is 3.11. The normalized spacial score (nSPS) is 10.3. The summed E-state index contributed by atoms with van der Waals surface area (Å²) in [6, 6.07) is 15.1. The molecule has 124 valence electrons. The Hall–Kier alpha value is -3.46. The van der Waals surface area contributed by atoms with Crippen LogP contribution in [-0.4, -0.2) is 22.4 Å². The number of halogens is 1. The summed E-state index contributed by atoms with van der Waals surface area (Å²) in [7, 11) is 0. The van der Waals surface area contributed by atoms with Gasteiger partial charge in [-0.15, -0.1) is 0 Å². The highest BCUT2D eigenvalue weighted by molar-refractivity contribution is 5.96. The third kappa shape index (κ3) is 3.56. The van der Waals surface area contributed by atoms with Gasteiger partial charge in [-0.2, -0.15) is 10.4 Å². The summed E-state index contributed by atoms with van der Waals surface area (Å²) in [6.45, 7) is 1.62. The van der Waals surface area contributed by atoms with Crippen LogP contribution in [0, 0.1) is 24.1 Å². The molecule has 0 atom stereocenters. The fraction of sp³-hybridized carbons (Fsp3) is 0.105. The fourth-order valence-corrected chi connectivity index (χ4v) is 2.35. The van der Waals surface area contributed by atoms with Gasteiger partial charge in [0.25, 0.3) is 0 Å². The maximum atomic E-state index is 13.1. The van der Waals surface area contributed by atoms with Crippen molar-refractivity contribution >= 4 is 5.97 Å². The van der Waals surface area contributed by atoms with E-state index in [0.717, 1.165) is 11.1 Å². The van der Waals surface area contributed by atoms with E-state index in [2.05, 4.69) is 5.10 Å². The van der Waals surface area contributed by atoms with Crippen molar-refractivity contribution in [3.05, 3.63) is 71.7 Å². The van der Waals surface area contributed by atoms with Gasteiger partial charge in [-0.3, -0.25) is 0 Å². The van der Waals surface area contributed by atoms with Gasteiger partial charge < -0.3 is 4.74 Å². The highest BCUT2D eigenvalue weighted by Gasteiger charge is 2.20. The number of aromatic nitrogens is 2. The molecule has 0 aliphatic heterocycles. The van der Waals surface area contributed by atoms with E-state index in [9.17, 15) is 9.18 Å². The van der Waals surface area contributed by atoms with E-state index >= 15 is 0 Å². The Labute approximate surface area is 143 Å². The van der Waals surface area contributed by atoms with Gasteiger partial charge in [0, 0.05) is 11.8 Å². The van der Waals surface area contributed by atoms with Crippen LogP contribution < -0.4 is 0 Å². The number of esters is 1. The first-order valence-electron chi connectivity index (χ1n) is 7.55. The number of rotatable bonds is 4. The average Bonchev–Trinajstić information content (AvgIpc) is 3.06. The number of aryl methyl sites for hydroxylation is 1. The standard InChI is InChI=1S/C19H14FN3O2/c1-13-2-4-14(5-3-13)18-17(19(24)25-11-10-21)12-23(22-18)16-8-6-15(20)7-9-16/h2-9,12H,11H2,1H3. The molecule has 0 unspecified atom stereocenters. The summed E-state index contributed by atoms with van der Waals surface area (Å²) in [5, 5.41) is 13.1. The number of ether oxygens (including phenoxy) is 1. The molecule has 0 amide bonds. The predicted octanol–water partition coefficient (Wildman–Crippen LogP) is 3.67. The Morgan fingerprint density at radius 1 is 1.20 bits per heavy atom. The van der Waals surface area contributed by atoms with Gasteiger partial charge in [-0.05, 0) is 31.2 Å². The quantitative estimate of drug-likeness (QED) is 0.682. The molecule has 2 aromatic carbocycles. The lowest BCUT2D eigenvalue weighted by Gasteiger charge is -2.02. The molecule has 1 aromatic heterocycles. The third-order valence-electron chi connectivity index (χ3n) is 3.62. The Morgan fingerprint density at radius 3 is 2.52 bits per heavy atom. The predicted molar refractivity (Wildman–Crippen MR) is 89.6 cm³/mol. The number of nitriles is 1. The van der Waals surface area contributed by atoms with E-state index in [-0.39, 0.29) is 18.0 Å². The molecule has 0 saturated heterocycles. The molecule has 1 heterocycles. The van der Waals surface area contributed by atoms with E-state index in [1.165, 1.54) is 23.0 Å². The number of hydrogen-bond acceptors (Lipinski definition) is 4. The first-order chi connectivity index (χ1) is 12.1. The minimum absolute atomic E-state index is 0.239. The maximum absolute atomic E-state index is 13.1. The fourth-order valence-electron chi connectivity index (χ4n) is 2.35. The number of nitrogens with zero attached hydrogens (tertiary/aromatic N) is 3. The first-order valence-corrected chi connectivity index (χ1v) is 7.55. The van der Waals surface area contributed by atoms with E-state index in [0.29, 0.717) is 11.4 Å². The zero-order valence-corrected chi connectivity index (χ0v) is 13.4. The summed E-state index contributed by atoms with van der Waals surface area (Å²) in [5.74, 6) is -0.992. The molecular weight excluding hydrogens is 321 g/mol. The summed E-state index contributed by atoms with van der Waals surface area (Å²) in [6.07, 6.45) is 1.52. The lowest BCUT2D eigenvalue weighted by Crippen LogP contribution is -2.05. The molecular formula is C19H14FN3O2. The van der Waals surface area contributed by atoms with Crippen molar-refractivity contribution in [2.75, 3.05) is 6.61 Å². The van der Waals surface area contributed by atoms with Crippen LogP contribution in [0.15, 0.2) is 54.7 Å². The monoisotopic (exact) mass is 335 g/mol. The molecule has 0 aliphatic carbocycles. The summed E-state index contributed by atoms with van der Waals surface area (Å²) < 4.78 is 19.5. The highest BCUT2D eigenvalue weighted by atomic mass is 19.1. The Morgan fingerprint density at radius 2 is 1.88 bits per heavy atom. The Balaban J connectivity index is 2.07. The lowest BCUT2D eigenvalue weighted by atomic mass is 10.1. The van der Waals surface area contributed by atoms with E-state index in [4.69, 9.17) is 10.00 Å². The van der Waals surface area contributed by atoms with E-state index < -0.39 is 5.97 Å². The smallest absolute Gasteiger partial charge is 0.343 e. The minimum Gasteiger partial charge on any atom is -0.447 e. The molecule has 0 spiro atoms. The second-order valence-corrected chi connectivity index (χ2v) is 5.41. The van der Waals surface area contributed by atoms with Crippen LogP contribution in [0.2, 0.25) is 0 Å². The summed E-state index contributed by atoms with van der Waals surface area (Å²) >= 11 is 0. The van der Waals surface area contributed by atoms with Crippen LogP contribution in [0.5, 0.6) is 0 Å². The number of carbonyl (C=O) groups excluding carboxylic acids is 1. The molecule has 0 radical (unpaired) electrons. The summed E-state index contributed by atoms with van der Waals surface area (Å²) in [4.78, 5) is 12.3. The number of carbonyl (C=O) groups is 1. The Kier molecular flexibility index (Phi) is 4.57. The molecule has 0 bridgehead atoms. The van der Waals surface area contributed by atoms with Crippen LogP contribution in [0.4, 0.5) is 4.39 Å². The minimum atomic E-state index is -0.634. The molecule has 0 N–H and O–H groups in total. The Bertz CT molecular complexity index is 938. The van der Waals surface area contributed by atoms with Gasteiger partial charge >= 0.3 is 5.97 Å². The average molecular weight is 335 g/mol. The SMILES string of the molecule is Cc1ccc(-c2nn(-c3ccc(F)cc3)cc2C(=O)OCC#N)cc1. The molecule has 0 fully saturated rings. The lowest BCUT2D eigenvalue weighted by molar-refractivity contribution is 0.0556. The molecule has 3 aromatic rings. The van der Waals surface area contributed by atoms with Crippen LogP contribution in [0.25, 0.3) is 16.9 Å². The first kappa shape index (κ1) is 16.4. The van der Waals surface area contributed by atoms with Gasteiger partial charge in [0.15, 0.2) is 6.61 Å².